The van der Waals surface area contributed by atoms with Gasteiger partial charge in [-0.3, -0.25) is 14.2 Å². The van der Waals surface area contributed by atoms with Crippen molar-refractivity contribution in [2.75, 3.05) is 5.75 Å². The van der Waals surface area contributed by atoms with Gasteiger partial charge in [0.1, 0.15) is 5.82 Å². The van der Waals surface area contributed by atoms with Gasteiger partial charge in [0, 0.05) is 5.56 Å². The number of para-hydroxylation sites is 2. The molecular weight excluding hydrogens is 463 g/mol. The molecule has 0 aliphatic carbocycles. The van der Waals surface area contributed by atoms with Gasteiger partial charge in [0.2, 0.25) is 0 Å². The third-order valence-corrected chi connectivity index (χ3v) is 6.08. The molecule has 9 heteroatoms. The van der Waals surface area contributed by atoms with Crippen molar-refractivity contribution in [3.63, 3.8) is 0 Å². The highest BCUT2D eigenvalue weighted by molar-refractivity contribution is 7.99. The summed E-state index contributed by atoms with van der Waals surface area (Å²) in [5.41, 5.74) is 4.34. The molecule has 3 aromatic carbocycles. The number of carbonyl (C=O) groups excluding carboxylic acids is 1. The highest BCUT2D eigenvalue weighted by Gasteiger charge is 2.16. The highest BCUT2D eigenvalue weighted by atomic mass is 35.5. The SMILES string of the molecule is Cc1ccccc1-n1c(SCC(=O)NN=Cc2c(F)cccc2Cl)nc2ccccc2c1=O. The summed E-state index contributed by atoms with van der Waals surface area (Å²) < 4.78 is 15.3. The molecule has 6 nitrogen and oxygen atoms in total. The van der Waals surface area contributed by atoms with Crippen LogP contribution in [0.25, 0.3) is 16.6 Å². The largest absolute Gasteiger partial charge is 0.272 e. The molecule has 0 spiro atoms. The molecule has 33 heavy (non-hydrogen) atoms. The van der Waals surface area contributed by atoms with Crippen LogP contribution in [0.1, 0.15) is 11.1 Å². The zero-order chi connectivity index (χ0) is 23.4. The molecule has 0 unspecified atom stereocenters. The molecule has 0 saturated carbocycles. The molecule has 4 rings (SSSR count). The quantitative estimate of drug-likeness (QED) is 0.187. The number of nitrogens with one attached hydrogen (secondary N) is 1. The van der Waals surface area contributed by atoms with Gasteiger partial charge < -0.3 is 0 Å². The van der Waals surface area contributed by atoms with E-state index in [-0.39, 0.29) is 21.9 Å². The predicted molar refractivity (Wildman–Crippen MR) is 130 cm³/mol. The Labute approximate surface area is 198 Å². The lowest BCUT2D eigenvalue weighted by Crippen LogP contribution is -2.24. The van der Waals surface area contributed by atoms with E-state index in [1.54, 1.807) is 24.3 Å². The lowest BCUT2D eigenvalue weighted by atomic mass is 10.2. The zero-order valence-corrected chi connectivity index (χ0v) is 19.0. The van der Waals surface area contributed by atoms with Crippen LogP contribution in [0.2, 0.25) is 5.02 Å². The van der Waals surface area contributed by atoms with E-state index >= 15 is 0 Å². The molecule has 1 heterocycles. The zero-order valence-electron chi connectivity index (χ0n) is 17.5. The van der Waals surface area contributed by atoms with Crippen LogP contribution in [0.5, 0.6) is 0 Å². The van der Waals surface area contributed by atoms with Gasteiger partial charge in [-0.15, -0.1) is 0 Å². The average Bonchev–Trinajstić information content (AvgIpc) is 2.80. The lowest BCUT2D eigenvalue weighted by molar-refractivity contribution is -0.118. The maximum atomic E-state index is 13.8. The summed E-state index contributed by atoms with van der Waals surface area (Å²) in [7, 11) is 0. The minimum Gasteiger partial charge on any atom is -0.272 e. The monoisotopic (exact) mass is 480 g/mol. The first kappa shape index (κ1) is 22.7. The van der Waals surface area contributed by atoms with Crippen LogP contribution in [0.4, 0.5) is 4.39 Å². The van der Waals surface area contributed by atoms with Crippen LogP contribution >= 0.6 is 23.4 Å². The molecule has 1 N–H and O–H groups in total. The number of hydrogen-bond donors (Lipinski definition) is 1. The van der Waals surface area contributed by atoms with E-state index in [4.69, 9.17) is 11.6 Å². The molecule has 166 valence electrons. The number of hydrazone groups is 1. The Hall–Kier alpha value is -3.49. The maximum absolute atomic E-state index is 13.8. The number of aryl methyl sites for hydroxylation is 1. The summed E-state index contributed by atoms with van der Waals surface area (Å²) in [6, 6.07) is 18.8. The van der Waals surface area contributed by atoms with E-state index < -0.39 is 11.7 Å². The van der Waals surface area contributed by atoms with Crippen LogP contribution in [0.15, 0.2) is 81.8 Å². The minimum absolute atomic E-state index is 0.0565. The van der Waals surface area contributed by atoms with Crippen molar-refractivity contribution in [1.29, 1.82) is 0 Å². The summed E-state index contributed by atoms with van der Waals surface area (Å²) >= 11 is 7.05. The van der Waals surface area contributed by atoms with Crippen LogP contribution in [-0.4, -0.2) is 27.4 Å². The standard InChI is InChI=1S/C24H18ClFN4O2S/c1-15-7-2-5-12-21(15)30-23(32)16-8-3-4-11-20(16)28-24(30)33-14-22(31)29-27-13-17-18(25)9-6-10-19(17)26/h2-13H,14H2,1H3,(H,29,31). The Morgan fingerprint density at radius 2 is 1.91 bits per heavy atom. The average molecular weight is 481 g/mol. The lowest BCUT2D eigenvalue weighted by Gasteiger charge is -2.14. The van der Waals surface area contributed by atoms with Gasteiger partial charge in [0.25, 0.3) is 11.5 Å². The molecule has 0 fully saturated rings. The van der Waals surface area contributed by atoms with E-state index in [0.717, 1.165) is 23.5 Å². The highest BCUT2D eigenvalue weighted by Crippen LogP contribution is 2.23. The molecule has 0 saturated heterocycles. The number of aromatic nitrogens is 2. The first-order chi connectivity index (χ1) is 16.0. The van der Waals surface area contributed by atoms with Crippen molar-refractivity contribution in [2.24, 2.45) is 5.10 Å². The van der Waals surface area contributed by atoms with Crippen molar-refractivity contribution in [3.05, 3.63) is 99.1 Å². The van der Waals surface area contributed by atoms with Gasteiger partial charge in [-0.25, -0.2) is 14.8 Å². The second-order valence-electron chi connectivity index (χ2n) is 7.06. The van der Waals surface area contributed by atoms with Crippen molar-refractivity contribution in [3.8, 4) is 5.69 Å². The smallest absolute Gasteiger partial charge is 0.266 e. The number of nitrogens with zero attached hydrogens (tertiary/aromatic N) is 3. The summed E-state index contributed by atoms with van der Waals surface area (Å²) in [4.78, 5) is 30.2. The topological polar surface area (TPSA) is 76.3 Å². The molecule has 0 radical (unpaired) electrons. The van der Waals surface area contributed by atoms with Gasteiger partial charge >= 0.3 is 0 Å². The number of rotatable bonds is 6. The van der Waals surface area contributed by atoms with Gasteiger partial charge in [0.05, 0.1) is 33.6 Å². The van der Waals surface area contributed by atoms with Crippen LogP contribution in [0, 0.1) is 12.7 Å². The fourth-order valence-electron chi connectivity index (χ4n) is 3.20. The van der Waals surface area contributed by atoms with Crippen molar-refractivity contribution >= 4 is 46.4 Å². The Bertz CT molecular complexity index is 1420. The number of hydrogen-bond acceptors (Lipinski definition) is 5. The second kappa shape index (κ2) is 9.97. The van der Waals surface area contributed by atoms with Crippen LogP contribution < -0.4 is 11.0 Å². The summed E-state index contributed by atoms with van der Waals surface area (Å²) in [6.45, 7) is 1.90. The Balaban J connectivity index is 1.59. The van der Waals surface area contributed by atoms with Crippen molar-refractivity contribution in [2.45, 2.75) is 12.1 Å². The van der Waals surface area contributed by atoms with Gasteiger partial charge in [-0.2, -0.15) is 5.10 Å². The third kappa shape index (κ3) is 4.97. The van der Waals surface area contributed by atoms with E-state index in [2.05, 4.69) is 15.5 Å². The number of fused-ring (bicyclic) bond motifs is 1. The first-order valence-electron chi connectivity index (χ1n) is 9.92. The number of amides is 1. The Morgan fingerprint density at radius 1 is 1.15 bits per heavy atom. The van der Waals surface area contributed by atoms with E-state index in [1.807, 2.05) is 31.2 Å². The molecule has 1 amide bonds. The fraction of sp³-hybridized carbons (Fsp3) is 0.0833. The molecule has 0 bridgehead atoms. The van der Waals surface area contributed by atoms with E-state index in [0.29, 0.717) is 21.7 Å². The number of benzene rings is 3. The number of carbonyl (C=O) groups is 1. The van der Waals surface area contributed by atoms with Crippen LogP contribution in [-0.2, 0) is 4.79 Å². The normalized spacial score (nSPS) is 11.2. The summed E-state index contributed by atoms with van der Waals surface area (Å²) in [6.07, 6.45) is 1.15. The second-order valence-corrected chi connectivity index (χ2v) is 8.41. The number of thioether (sulfide) groups is 1. The van der Waals surface area contributed by atoms with Crippen molar-refractivity contribution in [1.82, 2.24) is 15.0 Å². The summed E-state index contributed by atoms with van der Waals surface area (Å²) in [5, 5.41) is 4.84. The van der Waals surface area contributed by atoms with Gasteiger partial charge in [0.15, 0.2) is 5.16 Å². The maximum Gasteiger partial charge on any atom is 0.266 e. The third-order valence-electron chi connectivity index (χ3n) is 4.82. The minimum atomic E-state index is -0.544. The summed E-state index contributed by atoms with van der Waals surface area (Å²) in [5.74, 6) is -1.04. The predicted octanol–water partition coefficient (Wildman–Crippen LogP) is 4.73. The molecule has 0 aliphatic heterocycles. The molecule has 0 aliphatic rings. The van der Waals surface area contributed by atoms with E-state index in [1.165, 1.54) is 22.8 Å². The number of halogens is 2. The first-order valence-corrected chi connectivity index (χ1v) is 11.3. The fourth-order valence-corrected chi connectivity index (χ4v) is 4.21. The van der Waals surface area contributed by atoms with Crippen molar-refractivity contribution < 1.29 is 9.18 Å². The van der Waals surface area contributed by atoms with Crippen LogP contribution in [0.3, 0.4) is 0 Å². The molecule has 1 aromatic heterocycles. The van der Waals surface area contributed by atoms with Gasteiger partial charge in [-0.05, 0) is 42.8 Å². The molecule has 4 aromatic rings. The Morgan fingerprint density at radius 3 is 2.70 bits per heavy atom. The Kier molecular flexibility index (Phi) is 6.86. The molecular formula is C24H18ClFN4O2S. The van der Waals surface area contributed by atoms with E-state index in [9.17, 15) is 14.0 Å². The molecule has 0 atom stereocenters. The van der Waals surface area contributed by atoms with Gasteiger partial charge in [-0.1, -0.05) is 59.8 Å².